The second-order valence-electron chi connectivity index (χ2n) is 13.0. The van der Waals surface area contributed by atoms with E-state index in [1.165, 1.54) is 206 Å². The molecule has 1 aliphatic heterocycles. The summed E-state index contributed by atoms with van der Waals surface area (Å²) in [4.78, 5) is 5.59. The maximum atomic E-state index is 2.82. The fourth-order valence-electron chi connectivity index (χ4n) is 6.49. The number of nitrogens with zero attached hydrogens (tertiary/aromatic N) is 2. The topological polar surface area (TPSA) is 6.48 Å². The first-order valence-corrected chi connectivity index (χ1v) is 18.2. The Hall–Kier alpha value is -0.0800. The van der Waals surface area contributed by atoms with Crippen molar-refractivity contribution in [3.8, 4) is 0 Å². The molecule has 0 saturated carbocycles. The maximum Gasteiger partial charge on any atom is 0.0110 e. The SMILES string of the molecule is CCCCCCCCCCCCCCCCN1CCN(CC(CCCCCC)CCCCCCCC)CC1. The van der Waals surface area contributed by atoms with Gasteiger partial charge in [-0.3, -0.25) is 0 Å². The fourth-order valence-corrected chi connectivity index (χ4v) is 6.49. The van der Waals surface area contributed by atoms with Crippen molar-refractivity contribution < 1.29 is 0 Å². The van der Waals surface area contributed by atoms with Crippen LogP contribution in [0.3, 0.4) is 0 Å². The first-order valence-electron chi connectivity index (χ1n) is 18.2. The molecule has 1 unspecified atom stereocenters. The van der Waals surface area contributed by atoms with Crippen LogP contribution in [-0.2, 0) is 0 Å². The minimum atomic E-state index is 0.954. The van der Waals surface area contributed by atoms with Crippen molar-refractivity contribution in [3.63, 3.8) is 0 Å². The van der Waals surface area contributed by atoms with E-state index in [0.29, 0.717) is 0 Å². The molecule has 0 bridgehead atoms. The van der Waals surface area contributed by atoms with E-state index in [9.17, 15) is 0 Å². The molecule has 38 heavy (non-hydrogen) atoms. The molecule has 2 nitrogen and oxygen atoms in total. The minimum Gasteiger partial charge on any atom is -0.301 e. The Kier molecular flexibility index (Phi) is 26.9. The van der Waals surface area contributed by atoms with Crippen LogP contribution in [0.25, 0.3) is 0 Å². The van der Waals surface area contributed by atoms with Crippen molar-refractivity contribution in [2.45, 2.75) is 188 Å². The number of unbranched alkanes of at least 4 members (excludes halogenated alkanes) is 21. The molecule has 1 rings (SSSR count). The Balaban J connectivity index is 2.02. The molecule has 1 fully saturated rings. The molecule has 1 saturated heterocycles. The highest BCUT2D eigenvalue weighted by molar-refractivity contribution is 4.75. The van der Waals surface area contributed by atoms with Gasteiger partial charge in [0.25, 0.3) is 0 Å². The van der Waals surface area contributed by atoms with Gasteiger partial charge >= 0.3 is 0 Å². The third-order valence-corrected chi connectivity index (χ3v) is 9.24. The van der Waals surface area contributed by atoms with E-state index in [4.69, 9.17) is 0 Å². The molecule has 0 aliphatic carbocycles. The van der Waals surface area contributed by atoms with Crippen LogP contribution in [0.1, 0.15) is 188 Å². The van der Waals surface area contributed by atoms with Crippen LogP contribution in [-0.4, -0.2) is 49.1 Å². The van der Waals surface area contributed by atoms with Crippen LogP contribution in [0, 0.1) is 5.92 Å². The van der Waals surface area contributed by atoms with Crippen LogP contribution in [0.5, 0.6) is 0 Å². The number of hydrogen-bond acceptors (Lipinski definition) is 2. The highest BCUT2D eigenvalue weighted by atomic mass is 15.3. The smallest absolute Gasteiger partial charge is 0.0110 e. The van der Waals surface area contributed by atoms with Crippen molar-refractivity contribution in [2.75, 3.05) is 39.3 Å². The lowest BCUT2D eigenvalue weighted by atomic mass is 9.93. The van der Waals surface area contributed by atoms with Crippen molar-refractivity contribution in [3.05, 3.63) is 0 Å². The van der Waals surface area contributed by atoms with E-state index < -0.39 is 0 Å². The summed E-state index contributed by atoms with van der Waals surface area (Å²) in [6, 6.07) is 0. The van der Waals surface area contributed by atoms with Gasteiger partial charge in [-0.2, -0.15) is 0 Å². The van der Waals surface area contributed by atoms with Gasteiger partial charge in [0.15, 0.2) is 0 Å². The van der Waals surface area contributed by atoms with Crippen molar-refractivity contribution >= 4 is 0 Å². The van der Waals surface area contributed by atoms with Crippen LogP contribution in [0.2, 0.25) is 0 Å². The largest absolute Gasteiger partial charge is 0.301 e. The molecule has 1 atom stereocenters. The third-order valence-electron chi connectivity index (χ3n) is 9.24. The second-order valence-corrected chi connectivity index (χ2v) is 13.0. The second kappa shape index (κ2) is 28.4. The summed E-state index contributed by atoms with van der Waals surface area (Å²) in [6.07, 6.45) is 37.8. The van der Waals surface area contributed by atoms with Crippen LogP contribution in [0.4, 0.5) is 0 Å². The Morgan fingerprint density at radius 1 is 0.368 bits per heavy atom. The predicted molar refractivity (Wildman–Crippen MR) is 173 cm³/mol. The van der Waals surface area contributed by atoms with E-state index >= 15 is 0 Å². The zero-order valence-corrected chi connectivity index (χ0v) is 27.1. The predicted octanol–water partition coefficient (Wildman–Crippen LogP) is 11.4. The molecule has 0 aromatic heterocycles. The normalized spacial score (nSPS) is 15.9. The molecule has 1 aliphatic rings. The van der Waals surface area contributed by atoms with Crippen LogP contribution < -0.4 is 0 Å². The highest BCUT2D eigenvalue weighted by Gasteiger charge is 2.19. The average molecular weight is 535 g/mol. The van der Waals surface area contributed by atoms with Gasteiger partial charge in [0.1, 0.15) is 0 Å². The van der Waals surface area contributed by atoms with Gasteiger partial charge in [0, 0.05) is 32.7 Å². The molecular formula is C36H74N2. The van der Waals surface area contributed by atoms with Gasteiger partial charge in [-0.25, -0.2) is 0 Å². The molecular weight excluding hydrogens is 460 g/mol. The van der Waals surface area contributed by atoms with Gasteiger partial charge in [0.05, 0.1) is 0 Å². The van der Waals surface area contributed by atoms with E-state index in [-0.39, 0.29) is 0 Å². The van der Waals surface area contributed by atoms with Gasteiger partial charge in [-0.05, 0) is 31.7 Å². The van der Waals surface area contributed by atoms with Crippen LogP contribution in [0.15, 0.2) is 0 Å². The monoisotopic (exact) mass is 535 g/mol. The van der Waals surface area contributed by atoms with E-state index in [2.05, 4.69) is 30.6 Å². The number of rotatable bonds is 29. The summed E-state index contributed by atoms with van der Waals surface area (Å²) in [5.74, 6) is 0.954. The molecule has 0 aromatic carbocycles. The molecule has 0 amide bonds. The van der Waals surface area contributed by atoms with Gasteiger partial charge in [-0.1, -0.05) is 168 Å². The number of hydrogen-bond donors (Lipinski definition) is 0. The summed E-state index contributed by atoms with van der Waals surface area (Å²) < 4.78 is 0. The Labute approximate surface area is 242 Å². The number of piperazine rings is 1. The lowest BCUT2D eigenvalue weighted by Crippen LogP contribution is -2.47. The van der Waals surface area contributed by atoms with Gasteiger partial charge in [0.2, 0.25) is 0 Å². The van der Waals surface area contributed by atoms with E-state index in [0.717, 1.165) is 5.92 Å². The fraction of sp³-hybridized carbons (Fsp3) is 1.00. The summed E-state index contributed by atoms with van der Waals surface area (Å²) in [7, 11) is 0. The summed E-state index contributed by atoms with van der Waals surface area (Å²) >= 11 is 0. The molecule has 1 heterocycles. The lowest BCUT2D eigenvalue weighted by Gasteiger charge is -2.36. The molecule has 228 valence electrons. The first kappa shape index (κ1) is 35.9. The lowest BCUT2D eigenvalue weighted by molar-refractivity contribution is 0.111. The Morgan fingerprint density at radius 2 is 0.684 bits per heavy atom. The third kappa shape index (κ3) is 22.7. The molecule has 0 radical (unpaired) electrons. The summed E-state index contributed by atoms with van der Waals surface area (Å²) in [5, 5.41) is 0. The standard InChI is InChI=1S/C36H74N2/c1-4-7-10-13-15-16-17-18-19-20-21-22-24-27-30-37-31-33-38(34-32-37)35-36(28-25-12-9-6-3)29-26-23-14-11-8-5-2/h36H,4-35H2,1-3H3. The Bertz CT molecular complexity index is 443. The summed E-state index contributed by atoms with van der Waals surface area (Å²) in [6.45, 7) is 15.0. The first-order chi connectivity index (χ1) is 18.8. The Morgan fingerprint density at radius 3 is 1.11 bits per heavy atom. The van der Waals surface area contributed by atoms with Gasteiger partial charge in [-0.15, -0.1) is 0 Å². The van der Waals surface area contributed by atoms with Crippen LogP contribution >= 0.6 is 0 Å². The zero-order valence-electron chi connectivity index (χ0n) is 27.1. The van der Waals surface area contributed by atoms with Crippen molar-refractivity contribution in [1.29, 1.82) is 0 Å². The zero-order chi connectivity index (χ0) is 27.4. The highest BCUT2D eigenvalue weighted by Crippen LogP contribution is 2.21. The molecule has 2 heteroatoms. The summed E-state index contributed by atoms with van der Waals surface area (Å²) in [5.41, 5.74) is 0. The van der Waals surface area contributed by atoms with Crippen molar-refractivity contribution in [1.82, 2.24) is 9.80 Å². The molecule has 0 spiro atoms. The minimum absolute atomic E-state index is 0.954. The average Bonchev–Trinajstić information content (AvgIpc) is 2.93. The van der Waals surface area contributed by atoms with Gasteiger partial charge < -0.3 is 9.80 Å². The van der Waals surface area contributed by atoms with E-state index in [1.807, 2.05) is 0 Å². The quantitative estimate of drug-likeness (QED) is 0.0880. The van der Waals surface area contributed by atoms with E-state index in [1.54, 1.807) is 0 Å². The van der Waals surface area contributed by atoms with Crippen molar-refractivity contribution in [2.24, 2.45) is 5.92 Å². The molecule has 0 N–H and O–H groups in total. The maximum absolute atomic E-state index is 2.82. The molecule has 0 aromatic rings.